The molecule has 6 heteroatoms. The number of anilines is 8. The highest BCUT2D eigenvalue weighted by molar-refractivity contribution is 7.26. The molecule has 0 amide bonds. The van der Waals surface area contributed by atoms with Gasteiger partial charge in [-0.2, -0.15) is 0 Å². The molecule has 0 saturated heterocycles. The van der Waals surface area contributed by atoms with Gasteiger partial charge in [-0.1, -0.05) is 160 Å². The first-order valence-electron chi connectivity index (χ1n) is 29.3. The SMILES string of the molecule is CC1(C)CCC(C)(C)c2cc3c(cc21)B1c2cc4c(cc2N(c2cccc5sc6ccccc6c25)c2cc(N5c6ccccc6C6(C)CCCCC56C)cc(c21)N3c1cccc2c1sc1ccccc12)C(C)(C)CCC4(C)C. The standard InChI is InChI=1S/C72H70BN3S2/c1-67(2)33-35-69(5,6)50-41-57-52(39-48(50)67)73-53-40-49-51(70(7,8)36-34-68(49,3)4)42-58(53)75(56-27-19-23-45-44-21-11-15-28-61(44)78-66(45)56)60-38-43(76-54-25-14-13-24-47(54)71(9)31-17-18-32-72(71,76)10)37-59(65(60)73)74(57)55-26-20-30-63-64(55)46-22-12-16-29-62(46)77-63/h11-16,19-30,37-42H,17-18,31-36H2,1-10H3. The largest absolute Gasteiger partial charge is 0.334 e. The second-order valence-corrected chi connectivity index (χ2v) is 29.8. The molecule has 2 unspecified atom stereocenters. The molecule has 2 aromatic heterocycles. The maximum absolute atomic E-state index is 2.85. The number of nitrogens with zero attached hydrogens (tertiary/aromatic N) is 3. The predicted octanol–water partition coefficient (Wildman–Crippen LogP) is 18.9. The molecule has 388 valence electrons. The Hall–Kier alpha value is -6.34. The molecule has 78 heavy (non-hydrogen) atoms. The number of fused-ring (bicyclic) bond motifs is 15. The van der Waals surface area contributed by atoms with Crippen LogP contribution < -0.4 is 31.1 Å². The molecule has 8 aromatic carbocycles. The lowest BCUT2D eigenvalue weighted by atomic mass is 9.32. The molecule has 1 fully saturated rings. The summed E-state index contributed by atoms with van der Waals surface area (Å²) in [6.07, 6.45) is 9.47. The number of benzene rings is 8. The minimum Gasteiger partial charge on any atom is -0.334 e. The van der Waals surface area contributed by atoms with E-state index in [1.54, 1.807) is 0 Å². The Morgan fingerprint density at radius 3 is 1.53 bits per heavy atom. The Balaban J connectivity index is 1.11. The normalized spacial score (nSPS) is 22.7. The second-order valence-electron chi connectivity index (χ2n) is 27.6. The zero-order valence-electron chi connectivity index (χ0n) is 47.2. The first kappa shape index (κ1) is 47.6. The third kappa shape index (κ3) is 6.17. The van der Waals surface area contributed by atoms with E-state index in [0.717, 1.165) is 19.3 Å². The van der Waals surface area contributed by atoms with E-state index in [9.17, 15) is 0 Å². The Morgan fingerprint density at radius 1 is 0.385 bits per heavy atom. The molecule has 3 nitrogen and oxygen atoms in total. The predicted molar refractivity (Wildman–Crippen MR) is 340 cm³/mol. The molecule has 0 spiro atoms. The lowest BCUT2D eigenvalue weighted by molar-refractivity contribution is 0.195. The van der Waals surface area contributed by atoms with Crippen LogP contribution in [0.15, 0.2) is 146 Å². The maximum atomic E-state index is 2.85. The fraction of sp³-hybridized carbons (Fsp3) is 0.333. The number of para-hydroxylation sites is 1. The van der Waals surface area contributed by atoms with Crippen LogP contribution in [0, 0.1) is 0 Å². The molecule has 1 saturated carbocycles. The molecule has 2 atom stereocenters. The van der Waals surface area contributed by atoms with E-state index in [2.05, 4.69) is 230 Å². The van der Waals surface area contributed by atoms with Gasteiger partial charge in [0.05, 0.1) is 21.6 Å². The van der Waals surface area contributed by atoms with E-state index in [0.29, 0.717) is 0 Å². The number of hydrogen-bond donors (Lipinski definition) is 0. The third-order valence-electron chi connectivity index (χ3n) is 21.5. The zero-order chi connectivity index (χ0) is 53.2. The Labute approximate surface area is 470 Å². The molecular formula is C72H70BN3S2. The molecule has 0 N–H and O–H groups in total. The summed E-state index contributed by atoms with van der Waals surface area (Å²) < 4.78 is 5.35. The van der Waals surface area contributed by atoms with Crippen molar-refractivity contribution in [3.8, 4) is 0 Å². The van der Waals surface area contributed by atoms with Crippen LogP contribution in [0.25, 0.3) is 40.3 Å². The molecule has 3 aliphatic heterocycles. The number of hydrogen-bond acceptors (Lipinski definition) is 5. The van der Waals surface area contributed by atoms with Crippen LogP contribution in [0.5, 0.6) is 0 Å². The van der Waals surface area contributed by atoms with Crippen molar-refractivity contribution in [2.45, 2.75) is 153 Å². The summed E-state index contributed by atoms with van der Waals surface area (Å²) in [6.45, 7) is 25.4. The van der Waals surface area contributed by atoms with Crippen molar-refractivity contribution in [1.82, 2.24) is 0 Å². The van der Waals surface area contributed by atoms with Crippen molar-refractivity contribution in [2.75, 3.05) is 14.7 Å². The average Bonchev–Trinajstić information content (AvgIpc) is 3.50. The minimum atomic E-state index is -0.136. The molecule has 10 aromatic rings. The minimum absolute atomic E-state index is 0.00512. The summed E-state index contributed by atoms with van der Waals surface area (Å²) in [6, 6.07) is 58.4. The van der Waals surface area contributed by atoms with Crippen LogP contribution in [0.4, 0.5) is 45.5 Å². The first-order valence-corrected chi connectivity index (χ1v) is 30.9. The molecule has 16 rings (SSSR count). The maximum Gasteiger partial charge on any atom is 0.252 e. The molecule has 5 heterocycles. The summed E-state index contributed by atoms with van der Waals surface area (Å²) in [4.78, 5) is 8.45. The molecule has 0 radical (unpaired) electrons. The van der Waals surface area contributed by atoms with Crippen molar-refractivity contribution in [3.63, 3.8) is 0 Å². The van der Waals surface area contributed by atoms with Gasteiger partial charge in [0, 0.05) is 75.2 Å². The fourth-order valence-corrected chi connectivity index (χ4v) is 19.0. The quantitative estimate of drug-likeness (QED) is 0.163. The second kappa shape index (κ2) is 15.7. The Bertz CT molecular complexity index is 4260. The highest BCUT2D eigenvalue weighted by atomic mass is 32.1. The summed E-state index contributed by atoms with van der Waals surface area (Å²) in [5, 5.41) is 5.35. The van der Waals surface area contributed by atoms with Gasteiger partial charge in [0.1, 0.15) is 0 Å². The van der Waals surface area contributed by atoms with Crippen molar-refractivity contribution >= 4 is 132 Å². The van der Waals surface area contributed by atoms with Crippen molar-refractivity contribution in [3.05, 3.63) is 173 Å². The van der Waals surface area contributed by atoms with Gasteiger partial charge in [0.15, 0.2) is 0 Å². The molecule has 0 bridgehead atoms. The smallest absolute Gasteiger partial charge is 0.252 e. The van der Waals surface area contributed by atoms with Crippen LogP contribution in [0.1, 0.15) is 148 Å². The first-order chi connectivity index (χ1) is 37.4. The Kier molecular flexibility index (Phi) is 9.61. The molecule has 6 aliphatic rings. The van der Waals surface area contributed by atoms with E-state index >= 15 is 0 Å². The van der Waals surface area contributed by atoms with Gasteiger partial charge in [-0.05, 0) is 172 Å². The molecule has 3 aliphatic carbocycles. The summed E-state index contributed by atoms with van der Waals surface area (Å²) in [5.74, 6) is 0. The van der Waals surface area contributed by atoms with Crippen LogP contribution in [-0.4, -0.2) is 12.3 Å². The summed E-state index contributed by atoms with van der Waals surface area (Å²) >= 11 is 3.89. The number of thiophene rings is 2. The van der Waals surface area contributed by atoms with E-state index in [1.807, 2.05) is 22.7 Å². The van der Waals surface area contributed by atoms with Crippen LogP contribution >= 0.6 is 22.7 Å². The average molecular weight is 1050 g/mol. The van der Waals surface area contributed by atoms with Gasteiger partial charge in [-0.3, -0.25) is 0 Å². The number of rotatable bonds is 3. The van der Waals surface area contributed by atoms with Gasteiger partial charge in [0.25, 0.3) is 6.71 Å². The van der Waals surface area contributed by atoms with Gasteiger partial charge < -0.3 is 14.7 Å². The van der Waals surface area contributed by atoms with Crippen LogP contribution in [0.3, 0.4) is 0 Å². The van der Waals surface area contributed by atoms with Crippen molar-refractivity contribution in [1.29, 1.82) is 0 Å². The van der Waals surface area contributed by atoms with Gasteiger partial charge >= 0.3 is 0 Å². The van der Waals surface area contributed by atoms with Crippen molar-refractivity contribution < 1.29 is 0 Å². The van der Waals surface area contributed by atoms with Crippen LogP contribution in [0.2, 0.25) is 0 Å². The van der Waals surface area contributed by atoms with Gasteiger partial charge in [-0.25, -0.2) is 0 Å². The lowest BCUT2D eigenvalue weighted by Crippen LogP contribution is -2.62. The highest BCUT2D eigenvalue weighted by Crippen LogP contribution is 2.63. The Morgan fingerprint density at radius 2 is 0.872 bits per heavy atom. The van der Waals surface area contributed by atoms with Crippen LogP contribution in [-0.2, 0) is 27.1 Å². The zero-order valence-corrected chi connectivity index (χ0v) is 48.9. The highest BCUT2D eigenvalue weighted by Gasteiger charge is 2.58. The summed E-state index contributed by atoms with van der Waals surface area (Å²) in [5.41, 5.74) is 22.2. The van der Waals surface area contributed by atoms with Gasteiger partial charge in [-0.15, -0.1) is 22.7 Å². The van der Waals surface area contributed by atoms with Crippen molar-refractivity contribution in [2.24, 2.45) is 0 Å². The summed E-state index contributed by atoms with van der Waals surface area (Å²) in [7, 11) is 0. The molecular weight excluding hydrogens is 982 g/mol. The monoisotopic (exact) mass is 1050 g/mol. The van der Waals surface area contributed by atoms with E-state index in [4.69, 9.17) is 0 Å². The van der Waals surface area contributed by atoms with E-state index in [1.165, 1.54) is 162 Å². The van der Waals surface area contributed by atoms with E-state index in [-0.39, 0.29) is 39.3 Å². The fourth-order valence-electron chi connectivity index (χ4n) is 16.7. The topological polar surface area (TPSA) is 9.72 Å². The lowest BCUT2D eigenvalue weighted by Gasteiger charge is -2.51. The third-order valence-corrected chi connectivity index (χ3v) is 23.9. The van der Waals surface area contributed by atoms with Gasteiger partial charge in [0.2, 0.25) is 0 Å². The van der Waals surface area contributed by atoms with E-state index < -0.39 is 0 Å².